The molecule has 2 heteroatoms. The van der Waals surface area contributed by atoms with Gasteiger partial charge in [-0.1, -0.05) is 170 Å². The standard InChI is InChI=1S/C53H35NO/c1-2-14-38-32-39(25-24-35(38)12-1)36-26-29-42(30-27-36)54(51-33-40-15-4-6-17-43(40)46-20-9-10-21-47(46)51)34-41-16-5-7-18-44(41)48-22-11-23-49-50-31-28-37-13-3-8-19-45(37)52(50)55-53(48)49/h1-33H,34H2. The molecule has 11 rings (SSSR count). The van der Waals surface area contributed by atoms with Crippen LogP contribution in [0.5, 0.6) is 0 Å². The molecule has 0 bridgehead atoms. The third-order valence-corrected chi connectivity index (χ3v) is 11.3. The Labute approximate surface area is 319 Å². The van der Waals surface area contributed by atoms with Crippen molar-refractivity contribution in [1.82, 2.24) is 0 Å². The van der Waals surface area contributed by atoms with Crippen molar-refractivity contribution >= 4 is 76.4 Å². The average Bonchev–Trinajstić information content (AvgIpc) is 3.65. The molecule has 0 radical (unpaired) electrons. The first-order valence-electron chi connectivity index (χ1n) is 19.0. The van der Waals surface area contributed by atoms with E-state index in [2.05, 4.69) is 205 Å². The molecule has 11 aromatic rings. The molecule has 0 aliphatic carbocycles. The van der Waals surface area contributed by atoms with Crippen molar-refractivity contribution in [1.29, 1.82) is 0 Å². The summed E-state index contributed by atoms with van der Waals surface area (Å²) in [7, 11) is 0. The molecular formula is C53H35NO. The van der Waals surface area contributed by atoms with Gasteiger partial charge >= 0.3 is 0 Å². The summed E-state index contributed by atoms with van der Waals surface area (Å²) >= 11 is 0. The molecule has 1 heterocycles. The Hall–Kier alpha value is -7.16. The summed E-state index contributed by atoms with van der Waals surface area (Å²) in [5.41, 5.74) is 10.1. The molecule has 55 heavy (non-hydrogen) atoms. The summed E-state index contributed by atoms with van der Waals surface area (Å²) in [6, 6.07) is 72.5. The minimum absolute atomic E-state index is 0.660. The molecule has 0 unspecified atom stereocenters. The first-order chi connectivity index (χ1) is 27.3. The van der Waals surface area contributed by atoms with Gasteiger partial charge in [-0.2, -0.15) is 0 Å². The normalized spacial score (nSPS) is 11.7. The zero-order chi connectivity index (χ0) is 36.3. The lowest BCUT2D eigenvalue weighted by Crippen LogP contribution is -2.17. The molecule has 258 valence electrons. The van der Waals surface area contributed by atoms with Crippen LogP contribution in [-0.4, -0.2) is 0 Å². The molecule has 0 atom stereocenters. The predicted molar refractivity (Wildman–Crippen MR) is 233 cm³/mol. The summed E-state index contributed by atoms with van der Waals surface area (Å²) in [6.45, 7) is 0.660. The maximum absolute atomic E-state index is 6.85. The molecule has 0 aliphatic rings. The van der Waals surface area contributed by atoms with E-state index in [1.54, 1.807) is 0 Å². The summed E-state index contributed by atoms with van der Waals surface area (Å²) in [5, 5.41) is 12.1. The fourth-order valence-electron chi connectivity index (χ4n) is 8.61. The summed E-state index contributed by atoms with van der Waals surface area (Å²) in [6.07, 6.45) is 0. The molecule has 0 fully saturated rings. The SMILES string of the molecule is c1ccc(-c2cccc3c2oc2c4ccccc4ccc32)c(CN(c2ccc(-c3ccc4ccccc4c3)cc2)c2cc3ccccc3c3ccccc23)c1. The number of anilines is 2. The first-order valence-corrected chi connectivity index (χ1v) is 19.0. The van der Waals surface area contributed by atoms with Crippen molar-refractivity contribution in [2.75, 3.05) is 4.90 Å². The second kappa shape index (κ2) is 12.8. The van der Waals surface area contributed by atoms with Crippen molar-refractivity contribution in [3.8, 4) is 22.3 Å². The van der Waals surface area contributed by atoms with Gasteiger partial charge < -0.3 is 9.32 Å². The number of nitrogens with zero attached hydrogens (tertiary/aromatic N) is 1. The van der Waals surface area contributed by atoms with Crippen molar-refractivity contribution in [3.63, 3.8) is 0 Å². The fraction of sp³-hybridized carbons (Fsp3) is 0.0189. The molecule has 0 saturated heterocycles. The third kappa shape index (κ3) is 5.26. The van der Waals surface area contributed by atoms with E-state index in [0.717, 1.165) is 38.6 Å². The van der Waals surface area contributed by atoms with Gasteiger partial charge in [-0.25, -0.2) is 0 Å². The van der Waals surface area contributed by atoms with Crippen molar-refractivity contribution < 1.29 is 4.42 Å². The maximum atomic E-state index is 6.85. The van der Waals surface area contributed by atoms with Gasteiger partial charge in [-0.05, 0) is 84.9 Å². The number of rotatable bonds is 6. The van der Waals surface area contributed by atoms with E-state index in [0.29, 0.717) is 6.54 Å². The number of benzene rings is 10. The molecule has 0 saturated carbocycles. The quantitative estimate of drug-likeness (QED) is 0.161. The highest BCUT2D eigenvalue weighted by Crippen LogP contribution is 2.43. The molecule has 0 spiro atoms. The highest BCUT2D eigenvalue weighted by Gasteiger charge is 2.20. The van der Waals surface area contributed by atoms with Gasteiger partial charge in [0.15, 0.2) is 0 Å². The smallest absolute Gasteiger partial charge is 0.143 e. The molecule has 1 aromatic heterocycles. The van der Waals surface area contributed by atoms with Crippen LogP contribution in [0.15, 0.2) is 205 Å². The van der Waals surface area contributed by atoms with E-state index in [-0.39, 0.29) is 0 Å². The summed E-state index contributed by atoms with van der Waals surface area (Å²) in [4.78, 5) is 2.49. The lowest BCUT2D eigenvalue weighted by molar-refractivity contribution is 0.673. The first kappa shape index (κ1) is 31.4. The number of hydrogen-bond donors (Lipinski definition) is 0. The number of furan rings is 1. The van der Waals surface area contributed by atoms with Crippen LogP contribution in [0.2, 0.25) is 0 Å². The molecular weight excluding hydrogens is 667 g/mol. The van der Waals surface area contributed by atoms with Crippen LogP contribution in [0.1, 0.15) is 5.56 Å². The lowest BCUT2D eigenvalue weighted by atomic mass is 9.95. The Balaban J connectivity index is 1.08. The van der Waals surface area contributed by atoms with E-state index in [1.165, 1.54) is 65.6 Å². The van der Waals surface area contributed by atoms with Crippen LogP contribution in [0, 0.1) is 0 Å². The van der Waals surface area contributed by atoms with Crippen molar-refractivity contribution in [3.05, 3.63) is 206 Å². The van der Waals surface area contributed by atoms with E-state index in [4.69, 9.17) is 4.42 Å². The zero-order valence-electron chi connectivity index (χ0n) is 30.1. The number of fused-ring (bicyclic) bond motifs is 9. The minimum Gasteiger partial charge on any atom is -0.455 e. The number of para-hydroxylation sites is 1. The molecule has 0 N–H and O–H groups in total. The Bertz CT molecular complexity index is 3240. The highest BCUT2D eigenvalue weighted by atomic mass is 16.3. The van der Waals surface area contributed by atoms with Crippen LogP contribution in [0.3, 0.4) is 0 Å². The topological polar surface area (TPSA) is 16.4 Å². The zero-order valence-corrected chi connectivity index (χ0v) is 30.1. The highest BCUT2D eigenvalue weighted by molar-refractivity contribution is 6.17. The largest absolute Gasteiger partial charge is 0.455 e. The van der Waals surface area contributed by atoms with E-state index in [1.807, 2.05) is 0 Å². The van der Waals surface area contributed by atoms with Crippen LogP contribution in [-0.2, 0) is 6.54 Å². The summed E-state index contributed by atoms with van der Waals surface area (Å²) in [5.74, 6) is 0. The Kier molecular flexibility index (Phi) is 7.28. The van der Waals surface area contributed by atoms with Crippen LogP contribution in [0.25, 0.3) is 87.3 Å². The average molecular weight is 702 g/mol. The second-order valence-corrected chi connectivity index (χ2v) is 14.5. The van der Waals surface area contributed by atoms with Gasteiger partial charge in [0, 0.05) is 45.0 Å². The van der Waals surface area contributed by atoms with E-state index in [9.17, 15) is 0 Å². The Morgan fingerprint density at radius 1 is 0.345 bits per heavy atom. The van der Waals surface area contributed by atoms with Gasteiger partial charge in [0.2, 0.25) is 0 Å². The van der Waals surface area contributed by atoms with Crippen molar-refractivity contribution in [2.24, 2.45) is 0 Å². The molecule has 10 aromatic carbocycles. The maximum Gasteiger partial charge on any atom is 0.143 e. The fourth-order valence-corrected chi connectivity index (χ4v) is 8.61. The van der Waals surface area contributed by atoms with Crippen LogP contribution in [0.4, 0.5) is 11.4 Å². The minimum atomic E-state index is 0.660. The molecule has 0 aliphatic heterocycles. The van der Waals surface area contributed by atoms with Gasteiger partial charge in [0.1, 0.15) is 11.2 Å². The van der Waals surface area contributed by atoms with Gasteiger partial charge in [0.25, 0.3) is 0 Å². The van der Waals surface area contributed by atoms with Gasteiger partial charge in [0.05, 0.1) is 0 Å². The lowest BCUT2D eigenvalue weighted by Gasteiger charge is -2.28. The third-order valence-electron chi connectivity index (χ3n) is 11.3. The van der Waals surface area contributed by atoms with Crippen LogP contribution >= 0.6 is 0 Å². The van der Waals surface area contributed by atoms with Crippen molar-refractivity contribution in [2.45, 2.75) is 6.54 Å². The monoisotopic (exact) mass is 701 g/mol. The summed E-state index contributed by atoms with van der Waals surface area (Å²) < 4.78 is 6.85. The van der Waals surface area contributed by atoms with Gasteiger partial charge in [-0.15, -0.1) is 0 Å². The van der Waals surface area contributed by atoms with Crippen LogP contribution < -0.4 is 4.90 Å². The Morgan fingerprint density at radius 3 is 1.80 bits per heavy atom. The van der Waals surface area contributed by atoms with Gasteiger partial charge in [-0.3, -0.25) is 0 Å². The molecule has 2 nitrogen and oxygen atoms in total. The predicted octanol–water partition coefficient (Wildman–Crippen LogP) is 14.9. The van der Waals surface area contributed by atoms with E-state index < -0.39 is 0 Å². The second-order valence-electron chi connectivity index (χ2n) is 14.5. The Morgan fingerprint density at radius 2 is 0.945 bits per heavy atom. The number of hydrogen-bond acceptors (Lipinski definition) is 2. The molecule has 0 amide bonds. The van der Waals surface area contributed by atoms with E-state index >= 15 is 0 Å².